The van der Waals surface area contributed by atoms with Gasteiger partial charge in [-0.1, -0.05) is 103 Å². The van der Waals surface area contributed by atoms with E-state index in [-0.39, 0.29) is 11.2 Å². The average molecular weight is 431 g/mol. The first-order chi connectivity index (χ1) is 16.2. The van der Waals surface area contributed by atoms with Crippen LogP contribution in [0, 0.1) is 0 Å². The van der Waals surface area contributed by atoms with Crippen LogP contribution in [0.2, 0.25) is 0 Å². The molecule has 0 atom stereocenters. The summed E-state index contributed by atoms with van der Waals surface area (Å²) in [5.74, 6) is -0.514. The molecule has 5 aromatic rings. The van der Waals surface area contributed by atoms with Crippen molar-refractivity contribution in [3.05, 3.63) is 154 Å². The van der Waals surface area contributed by atoms with Crippen molar-refractivity contribution in [3.63, 3.8) is 0 Å². The van der Waals surface area contributed by atoms with E-state index in [0.29, 0.717) is 11.0 Å². The van der Waals surface area contributed by atoms with E-state index in [1.54, 1.807) is 24.3 Å². The molecule has 0 radical (unpaired) electrons. The van der Waals surface area contributed by atoms with Gasteiger partial charge in [-0.05, 0) is 28.8 Å². The zero-order valence-electron chi connectivity index (χ0n) is 17.8. The monoisotopic (exact) mass is 431 g/mol. The lowest BCUT2D eigenvalue weighted by Gasteiger charge is -2.36. The maximum absolute atomic E-state index is 13.6. The molecule has 0 fully saturated rings. The first kappa shape index (κ1) is 20.5. The van der Waals surface area contributed by atoms with E-state index < -0.39 is 11.4 Å². The summed E-state index contributed by atoms with van der Waals surface area (Å²) in [5.41, 5.74) is 1.79. The minimum atomic E-state index is -0.995. The third kappa shape index (κ3) is 3.72. The zero-order chi connectivity index (χ0) is 22.7. The van der Waals surface area contributed by atoms with Gasteiger partial charge in [0.25, 0.3) is 5.91 Å². The number of amides is 1. The quantitative estimate of drug-likeness (QED) is 0.373. The maximum atomic E-state index is 13.6. The number of nitrogens with one attached hydrogen (secondary N) is 1. The molecule has 0 saturated heterocycles. The topological polar surface area (TPSA) is 59.3 Å². The van der Waals surface area contributed by atoms with Crippen LogP contribution in [0.5, 0.6) is 0 Å². The number of carbonyl (C=O) groups excluding carboxylic acids is 1. The molecule has 33 heavy (non-hydrogen) atoms. The highest BCUT2D eigenvalue weighted by Gasteiger charge is 2.38. The van der Waals surface area contributed by atoms with Crippen molar-refractivity contribution in [1.29, 1.82) is 0 Å². The van der Waals surface area contributed by atoms with E-state index in [1.165, 1.54) is 6.07 Å². The average Bonchev–Trinajstić information content (AvgIpc) is 2.89. The fraction of sp³-hybridized carbons (Fsp3) is 0.0345. The van der Waals surface area contributed by atoms with Crippen molar-refractivity contribution in [2.24, 2.45) is 0 Å². The fourth-order valence-corrected chi connectivity index (χ4v) is 4.23. The van der Waals surface area contributed by atoms with Gasteiger partial charge in [0.15, 0.2) is 11.2 Å². The minimum Gasteiger partial charge on any atom is -0.451 e. The van der Waals surface area contributed by atoms with E-state index >= 15 is 0 Å². The number of hydrogen-bond acceptors (Lipinski definition) is 3. The molecule has 1 heterocycles. The smallest absolute Gasteiger partial charge is 0.288 e. The minimum absolute atomic E-state index is 0.0362. The summed E-state index contributed by atoms with van der Waals surface area (Å²) in [5, 5.41) is 3.66. The Hall–Kier alpha value is -4.44. The second-order valence-electron chi connectivity index (χ2n) is 7.77. The molecule has 0 aliphatic heterocycles. The Kier molecular flexibility index (Phi) is 5.33. The highest BCUT2D eigenvalue weighted by molar-refractivity contribution is 5.94. The summed E-state index contributed by atoms with van der Waals surface area (Å²) in [7, 11) is 0. The van der Waals surface area contributed by atoms with Crippen molar-refractivity contribution in [1.82, 2.24) is 5.32 Å². The van der Waals surface area contributed by atoms with Crippen LogP contribution >= 0.6 is 0 Å². The van der Waals surface area contributed by atoms with Gasteiger partial charge in [-0.3, -0.25) is 9.59 Å². The van der Waals surface area contributed by atoms with Crippen molar-refractivity contribution in [2.75, 3.05) is 0 Å². The molecule has 0 unspecified atom stereocenters. The molecular weight excluding hydrogens is 410 g/mol. The summed E-state index contributed by atoms with van der Waals surface area (Å²) in [6, 6.07) is 37.5. The molecular formula is C29H21NO3. The Labute approximate surface area is 191 Å². The molecule has 1 aromatic heterocycles. The SMILES string of the molecule is O=C(NC(c1ccccc1)(c1ccccc1)c1ccccc1)c1cc(=O)c2ccccc2o1. The number of benzene rings is 4. The molecule has 5 rings (SSSR count). The molecule has 0 bridgehead atoms. The van der Waals surface area contributed by atoms with Crippen LogP contribution in [0.15, 0.2) is 131 Å². The molecule has 1 N–H and O–H groups in total. The Balaban J connectivity index is 1.71. The summed E-state index contributed by atoms with van der Waals surface area (Å²) in [4.78, 5) is 26.3. The number of rotatable bonds is 5. The number of carbonyl (C=O) groups is 1. The lowest BCUT2D eigenvalue weighted by atomic mass is 9.77. The zero-order valence-corrected chi connectivity index (χ0v) is 17.8. The van der Waals surface area contributed by atoms with Crippen LogP contribution < -0.4 is 10.7 Å². The van der Waals surface area contributed by atoms with Gasteiger partial charge in [0.05, 0.1) is 5.39 Å². The normalized spacial score (nSPS) is 11.3. The lowest BCUT2D eigenvalue weighted by Crippen LogP contribution is -2.48. The van der Waals surface area contributed by atoms with Crippen LogP contribution in [-0.4, -0.2) is 5.91 Å². The Bertz CT molecular complexity index is 1360. The van der Waals surface area contributed by atoms with E-state index in [2.05, 4.69) is 5.32 Å². The van der Waals surface area contributed by atoms with Crippen molar-refractivity contribution < 1.29 is 9.21 Å². The second-order valence-corrected chi connectivity index (χ2v) is 7.77. The van der Waals surface area contributed by atoms with Crippen molar-refractivity contribution in [2.45, 2.75) is 5.54 Å². The Morgan fingerprint density at radius 1 is 0.636 bits per heavy atom. The summed E-state index contributed by atoms with van der Waals surface area (Å²) in [6.07, 6.45) is 0. The maximum Gasteiger partial charge on any atom is 0.288 e. The third-order valence-corrected chi connectivity index (χ3v) is 5.78. The van der Waals surface area contributed by atoms with Gasteiger partial charge in [0.1, 0.15) is 11.1 Å². The first-order valence-corrected chi connectivity index (χ1v) is 10.7. The standard InChI is InChI=1S/C29H21NO3/c31-25-20-27(33-26-19-11-10-18-24(25)26)28(32)30-29(21-12-4-1-5-13-21,22-14-6-2-7-15-22)23-16-8-3-9-17-23/h1-20H,(H,30,32). The molecule has 0 spiro atoms. The summed E-state index contributed by atoms with van der Waals surface area (Å²) >= 11 is 0. The van der Waals surface area contributed by atoms with Crippen LogP contribution in [0.1, 0.15) is 27.2 Å². The molecule has 160 valence electrons. The molecule has 4 aromatic carbocycles. The van der Waals surface area contributed by atoms with Gasteiger partial charge in [0.2, 0.25) is 0 Å². The van der Waals surface area contributed by atoms with Gasteiger partial charge in [-0.15, -0.1) is 0 Å². The van der Waals surface area contributed by atoms with Gasteiger partial charge in [0, 0.05) is 6.07 Å². The number of hydrogen-bond donors (Lipinski definition) is 1. The molecule has 0 aliphatic carbocycles. The van der Waals surface area contributed by atoms with Crippen LogP contribution in [0.4, 0.5) is 0 Å². The van der Waals surface area contributed by atoms with Crippen LogP contribution in [0.25, 0.3) is 11.0 Å². The Morgan fingerprint density at radius 2 is 1.09 bits per heavy atom. The predicted molar refractivity (Wildman–Crippen MR) is 129 cm³/mol. The lowest BCUT2D eigenvalue weighted by molar-refractivity contribution is 0.0897. The molecule has 1 amide bonds. The predicted octanol–water partition coefficient (Wildman–Crippen LogP) is 5.51. The second kappa shape index (κ2) is 8.60. The molecule has 4 heteroatoms. The summed E-state index contributed by atoms with van der Waals surface area (Å²) < 4.78 is 5.85. The van der Waals surface area contributed by atoms with Gasteiger partial charge < -0.3 is 9.73 Å². The molecule has 4 nitrogen and oxygen atoms in total. The van der Waals surface area contributed by atoms with E-state index in [0.717, 1.165) is 16.7 Å². The van der Waals surface area contributed by atoms with Gasteiger partial charge in [-0.2, -0.15) is 0 Å². The van der Waals surface area contributed by atoms with Crippen LogP contribution in [-0.2, 0) is 5.54 Å². The molecule has 0 saturated carbocycles. The van der Waals surface area contributed by atoms with Crippen molar-refractivity contribution in [3.8, 4) is 0 Å². The van der Waals surface area contributed by atoms with Crippen molar-refractivity contribution >= 4 is 16.9 Å². The van der Waals surface area contributed by atoms with Gasteiger partial charge in [-0.25, -0.2) is 0 Å². The number of para-hydroxylation sites is 1. The van der Waals surface area contributed by atoms with E-state index in [4.69, 9.17) is 4.42 Å². The van der Waals surface area contributed by atoms with E-state index in [9.17, 15) is 9.59 Å². The fourth-order valence-electron chi connectivity index (χ4n) is 4.23. The highest BCUT2D eigenvalue weighted by atomic mass is 16.3. The third-order valence-electron chi connectivity index (χ3n) is 5.78. The van der Waals surface area contributed by atoms with E-state index in [1.807, 2.05) is 91.0 Å². The first-order valence-electron chi connectivity index (χ1n) is 10.7. The van der Waals surface area contributed by atoms with Crippen LogP contribution in [0.3, 0.4) is 0 Å². The highest BCUT2D eigenvalue weighted by Crippen LogP contribution is 2.37. The summed E-state index contributed by atoms with van der Waals surface area (Å²) in [6.45, 7) is 0. The largest absolute Gasteiger partial charge is 0.451 e. The number of fused-ring (bicyclic) bond motifs is 1. The Morgan fingerprint density at radius 3 is 1.61 bits per heavy atom. The molecule has 0 aliphatic rings. The van der Waals surface area contributed by atoms with Gasteiger partial charge >= 0.3 is 0 Å².